The van der Waals surface area contributed by atoms with E-state index in [1.165, 1.54) is 5.06 Å². The van der Waals surface area contributed by atoms with Crippen molar-refractivity contribution in [3.05, 3.63) is 0 Å². The first-order valence-electron chi connectivity index (χ1n) is 3.94. The van der Waals surface area contributed by atoms with Crippen molar-refractivity contribution in [2.45, 2.75) is 46.7 Å². The lowest BCUT2D eigenvalue weighted by Gasteiger charge is -2.28. The molecule has 0 heterocycles. The van der Waals surface area contributed by atoms with Crippen molar-refractivity contribution in [1.29, 1.82) is 0 Å². The van der Waals surface area contributed by atoms with Gasteiger partial charge in [-0.15, -0.1) is 0 Å². The average molecular weight is 145 g/mol. The van der Waals surface area contributed by atoms with Crippen LogP contribution in [-0.2, 0) is 0 Å². The van der Waals surface area contributed by atoms with Gasteiger partial charge in [-0.1, -0.05) is 13.8 Å². The summed E-state index contributed by atoms with van der Waals surface area (Å²) >= 11 is 0. The second-order valence-corrected chi connectivity index (χ2v) is 3.46. The van der Waals surface area contributed by atoms with Crippen LogP contribution in [0.2, 0.25) is 0 Å². The van der Waals surface area contributed by atoms with Crippen molar-refractivity contribution >= 4 is 0 Å². The van der Waals surface area contributed by atoms with Crippen LogP contribution in [0.15, 0.2) is 0 Å². The largest absolute Gasteiger partial charge is 0.313 e. The second kappa shape index (κ2) is 3.94. The minimum absolute atomic E-state index is 0.220. The summed E-state index contributed by atoms with van der Waals surface area (Å²) in [7, 11) is 0. The van der Waals surface area contributed by atoms with Crippen LogP contribution in [0.25, 0.3) is 0 Å². The number of hydroxylamine groups is 2. The molecule has 0 aliphatic rings. The fourth-order valence-corrected chi connectivity index (χ4v) is 0.776. The zero-order valence-electron chi connectivity index (χ0n) is 7.63. The molecule has 2 nitrogen and oxygen atoms in total. The zero-order valence-corrected chi connectivity index (χ0v) is 7.63. The van der Waals surface area contributed by atoms with E-state index in [9.17, 15) is 5.21 Å². The molecule has 0 rings (SSSR count). The van der Waals surface area contributed by atoms with Gasteiger partial charge in [0.1, 0.15) is 0 Å². The van der Waals surface area contributed by atoms with Crippen molar-refractivity contribution in [3.8, 4) is 0 Å². The molecule has 1 unspecified atom stereocenters. The lowest BCUT2D eigenvalue weighted by Crippen LogP contribution is -2.38. The highest BCUT2D eigenvalue weighted by atomic mass is 16.5. The van der Waals surface area contributed by atoms with Crippen molar-refractivity contribution in [2.24, 2.45) is 5.92 Å². The molecule has 0 aliphatic carbocycles. The molecule has 0 radical (unpaired) electrons. The number of rotatable bonds is 3. The number of hydrogen-bond acceptors (Lipinski definition) is 2. The molecule has 0 aromatic heterocycles. The summed E-state index contributed by atoms with van der Waals surface area (Å²) < 4.78 is 0. The Hall–Kier alpha value is -0.0800. The van der Waals surface area contributed by atoms with Crippen LogP contribution in [0.1, 0.15) is 34.6 Å². The van der Waals surface area contributed by atoms with Gasteiger partial charge in [-0.25, -0.2) is 0 Å². The van der Waals surface area contributed by atoms with Gasteiger partial charge in [0.05, 0.1) is 0 Å². The topological polar surface area (TPSA) is 23.5 Å². The fraction of sp³-hybridized carbons (Fsp3) is 1.00. The molecule has 0 aromatic rings. The standard InChI is InChI=1S/C8H19NO/c1-6(2)8(5)9(10)7(3)4/h6-8,10H,1-5H3. The van der Waals surface area contributed by atoms with Gasteiger partial charge in [-0.3, -0.25) is 0 Å². The Kier molecular flexibility index (Phi) is 3.91. The summed E-state index contributed by atoms with van der Waals surface area (Å²) in [6.45, 7) is 10.2. The summed E-state index contributed by atoms with van der Waals surface area (Å²) in [5, 5.41) is 10.8. The zero-order chi connectivity index (χ0) is 8.31. The van der Waals surface area contributed by atoms with Crippen molar-refractivity contribution in [3.63, 3.8) is 0 Å². The molecule has 1 N–H and O–H groups in total. The third-order valence-corrected chi connectivity index (χ3v) is 1.91. The van der Waals surface area contributed by atoms with Gasteiger partial charge in [0, 0.05) is 12.1 Å². The third-order valence-electron chi connectivity index (χ3n) is 1.91. The van der Waals surface area contributed by atoms with Crippen LogP contribution >= 0.6 is 0 Å². The third kappa shape index (κ3) is 2.67. The molecule has 0 bridgehead atoms. The molecule has 10 heavy (non-hydrogen) atoms. The van der Waals surface area contributed by atoms with Gasteiger partial charge < -0.3 is 5.21 Å². The van der Waals surface area contributed by atoms with Crippen LogP contribution < -0.4 is 0 Å². The second-order valence-electron chi connectivity index (χ2n) is 3.46. The van der Waals surface area contributed by atoms with Crippen LogP contribution in [0.5, 0.6) is 0 Å². The molecule has 0 fully saturated rings. The minimum atomic E-state index is 0.220. The maximum atomic E-state index is 9.40. The van der Waals surface area contributed by atoms with Crippen LogP contribution in [0.3, 0.4) is 0 Å². The Labute approximate surface area is 63.8 Å². The number of hydrogen-bond donors (Lipinski definition) is 1. The summed E-state index contributed by atoms with van der Waals surface area (Å²) in [6.07, 6.45) is 0. The monoisotopic (exact) mass is 145 g/mol. The van der Waals surface area contributed by atoms with Gasteiger partial charge in [0.15, 0.2) is 0 Å². The molecule has 1 atom stereocenters. The SMILES string of the molecule is CC(C)C(C)N(O)C(C)C. The summed E-state index contributed by atoms with van der Waals surface area (Å²) in [4.78, 5) is 0. The van der Waals surface area contributed by atoms with E-state index in [0.717, 1.165) is 0 Å². The van der Waals surface area contributed by atoms with E-state index in [1.54, 1.807) is 0 Å². The van der Waals surface area contributed by atoms with E-state index in [2.05, 4.69) is 13.8 Å². The predicted molar refractivity (Wildman–Crippen MR) is 43.1 cm³/mol. The van der Waals surface area contributed by atoms with Crippen LogP contribution in [0.4, 0.5) is 0 Å². The Morgan fingerprint density at radius 2 is 1.40 bits per heavy atom. The highest BCUT2D eigenvalue weighted by Gasteiger charge is 2.16. The first kappa shape index (κ1) is 9.92. The van der Waals surface area contributed by atoms with Gasteiger partial charge >= 0.3 is 0 Å². The first-order valence-corrected chi connectivity index (χ1v) is 3.94. The summed E-state index contributed by atoms with van der Waals surface area (Å²) in [5.41, 5.74) is 0. The molecule has 0 saturated carbocycles. The van der Waals surface area contributed by atoms with Crippen molar-refractivity contribution < 1.29 is 5.21 Å². The van der Waals surface area contributed by atoms with Crippen molar-refractivity contribution in [1.82, 2.24) is 5.06 Å². The van der Waals surface area contributed by atoms with E-state index >= 15 is 0 Å². The van der Waals surface area contributed by atoms with Gasteiger partial charge in [0.2, 0.25) is 0 Å². The number of nitrogens with zero attached hydrogens (tertiary/aromatic N) is 1. The Bertz CT molecular complexity index is 79.3. The Morgan fingerprint density at radius 1 is 1.00 bits per heavy atom. The summed E-state index contributed by atoms with van der Waals surface area (Å²) in [5.74, 6) is 0.507. The molecule has 62 valence electrons. The highest BCUT2D eigenvalue weighted by Crippen LogP contribution is 2.09. The van der Waals surface area contributed by atoms with Crippen LogP contribution in [0, 0.1) is 5.92 Å². The van der Waals surface area contributed by atoms with E-state index in [-0.39, 0.29) is 12.1 Å². The molecule has 0 spiro atoms. The van der Waals surface area contributed by atoms with Crippen LogP contribution in [-0.4, -0.2) is 22.4 Å². The van der Waals surface area contributed by atoms with E-state index < -0.39 is 0 Å². The molecule has 0 saturated heterocycles. The lowest BCUT2D eigenvalue weighted by atomic mass is 10.1. The van der Waals surface area contributed by atoms with Gasteiger partial charge in [-0.05, 0) is 26.7 Å². The normalized spacial score (nSPS) is 15.3. The van der Waals surface area contributed by atoms with Gasteiger partial charge in [0.25, 0.3) is 0 Å². The Morgan fingerprint density at radius 3 is 1.50 bits per heavy atom. The summed E-state index contributed by atoms with van der Waals surface area (Å²) in [6, 6.07) is 0.470. The van der Waals surface area contributed by atoms with Crippen molar-refractivity contribution in [2.75, 3.05) is 0 Å². The quantitative estimate of drug-likeness (QED) is 0.615. The maximum absolute atomic E-state index is 9.40. The van der Waals surface area contributed by atoms with Gasteiger partial charge in [-0.2, -0.15) is 5.06 Å². The molecule has 0 amide bonds. The lowest BCUT2D eigenvalue weighted by molar-refractivity contribution is -0.156. The molecule has 0 aliphatic heterocycles. The molecule has 0 aromatic carbocycles. The smallest absolute Gasteiger partial charge is 0.0347 e. The molecule has 2 heteroatoms. The minimum Gasteiger partial charge on any atom is -0.313 e. The van der Waals surface area contributed by atoms with E-state index in [4.69, 9.17) is 0 Å². The molecular formula is C8H19NO. The first-order chi connectivity index (χ1) is 4.46. The molecular weight excluding hydrogens is 126 g/mol. The maximum Gasteiger partial charge on any atom is 0.0347 e. The van der Waals surface area contributed by atoms with E-state index in [1.807, 2.05) is 20.8 Å². The highest BCUT2D eigenvalue weighted by molar-refractivity contribution is 4.65. The fourth-order valence-electron chi connectivity index (χ4n) is 0.776. The average Bonchev–Trinajstić information content (AvgIpc) is 1.84. The van der Waals surface area contributed by atoms with E-state index in [0.29, 0.717) is 5.92 Å². The predicted octanol–water partition coefficient (Wildman–Crippen LogP) is 2.13. The Balaban J connectivity index is 3.81.